The van der Waals surface area contributed by atoms with Gasteiger partial charge in [0.2, 0.25) is 0 Å². The van der Waals surface area contributed by atoms with Crippen molar-refractivity contribution in [1.29, 1.82) is 0 Å². The quantitative estimate of drug-likeness (QED) is 0.787. The Morgan fingerprint density at radius 3 is 2.95 bits per heavy atom. The molecule has 2 aliphatic rings. The molecule has 20 heavy (non-hydrogen) atoms. The summed E-state index contributed by atoms with van der Waals surface area (Å²) in [6.45, 7) is 1.52. The van der Waals surface area contributed by atoms with E-state index in [1.165, 1.54) is 4.90 Å². The molecule has 1 atom stereocenters. The van der Waals surface area contributed by atoms with Crippen LogP contribution in [0.1, 0.15) is 12.0 Å². The second-order valence-electron chi connectivity index (χ2n) is 5.18. The Kier molecular flexibility index (Phi) is 3.10. The molecule has 1 unspecified atom stereocenters. The van der Waals surface area contributed by atoms with E-state index in [1.54, 1.807) is 7.11 Å². The Morgan fingerprint density at radius 1 is 1.40 bits per heavy atom. The average molecular weight is 275 g/mol. The van der Waals surface area contributed by atoms with Gasteiger partial charge in [-0.3, -0.25) is 9.69 Å². The van der Waals surface area contributed by atoms with Gasteiger partial charge < -0.3 is 15.4 Å². The molecule has 2 fully saturated rings. The highest BCUT2D eigenvalue weighted by Gasteiger charge is 2.52. The number of rotatable bonds is 3. The Bertz CT molecular complexity index is 552. The predicted octanol–water partition coefficient (Wildman–Crippen LogP) is 0.479. The van der Waals surface area contributed by atoms with Crippen molar-refractivity contribution in [2.45, 2.75) is 18.5 Å². The first-order chi connectivity index (χ1) is 9.64. The lowest BCUT2D eigenvalue weighted by atomic mass is 9.99. The summed E-state index contributed by atoms with van der Waals surface area (Å²) < 4.78 is 5.15. The number of ether oxygens (including phenoxy) is 1. The molecule has 2 heterocycles. The lowest BCUT2D eigenvalue weighted by molar-refractivity contribution is -0.131. The van der Waals surface area contributed by atoms with Crippen molar-refractivity contribution in [2.24, 2.45) is 0 Å². The van der Waals surface area contributed by atoms with E-state index in [9.17, 15) is 9.59 Å². The van der Waals surface area contributed by atoms with Crippen LogP contribution in [0.5, 0.6) is 5.75 Å². The summed E-state index contributed by atoms with van der Waals surface area (Å²) in [5.41, 5.74) is 0.131. The van der Waals surface area contributed by atoms with E-state index in [2.05, 4.69) is 10.6 Å². The van der Waals surface area contributed by atoms with Gasteiger partial charge in [-0.2, -0.15) is 0 Å². The van der Waals surface area contributed by atoms with Crippen LogP contribution in [0.15, 0.2) is 24.3 Å². The molecule has 0 aliphatic carbocycles. The molecule has 0 bridgehead atoms. The molecule has 1 aromatic rings. The molecule has 0 aromatic heterocycles. The minimum absolute atomic E-state index is 0.143. The fourth-order valence-electron chi connectivity index (χ4n) is 2.75. The smallest absolute Gasteiger partial charge is 0.325 e. The van der Waals surface area contributed by atoms with E-state index in [4.69, 9.17) is 4.74 Å². The Balaban J connectivity index is 1.80. The van der Waals surface area contributed by atoms with Crippen molar-refractivity contribution < 1.29 is 14.3 Å². The zero-order chi connectivity index (χ0) is 14.2. The maximum atomic E-state index is 12.5. The number of imide groups is 1. The highest BCUT2D eigenvalue weighted by molar-refractivity contribution is 6.07. The van der Waals surface area contributed by atoms with E-state index in [-0.39, 0.29) is 18.5 Å². The van der Waals surface area contributed by atoms with Gasteiger partial charge in [-0.1, -0.05) is 12.1 Å². The van der Waals surface area contributed by atoms with Gasteiger partial charge in [0.05, 0.1) is 13.7 Å². The number of nitrogens with one attached hydrogen (secondary N) is 2. The van der Waals surface area contributed by atoms with Crippen molar-refractivity contribution in [3.05, 3.63) is 29.8 Å². The van der Waals surface area contributed by atoms with Gasteiger partial charge in [-0.15, -0.1) is 0 Å². The van der Waals surface area contributed by atoms with Crippen molar-refractivity contribution in [3.63, 3.8) is 0 Å². The zero-order valence-corrected chi connectivity index (χ0v) is 11.3. The maximum Gasteiger partial charge on any atom is 0.325 e. The van der Waals surface area contributed by atoms with Crippen LogP contribution >= 0.6 is 0 Å². The van der Waals surface area contributed by atoms with Crippen LogP contribution in [0.2, 0.25) is 0 Å². The van der Waals surface area contributed by atoms with E-state index in [0.29, 0.717) is 18.7 Å². The van der Waals surface area contributed by atoms with Crippen molar-refractivity contribution in [2.75, 3.05) is 20.2 Å². The molecule has 106 valence electrons. The lowest BCUT2D eigenvalue weighted by Gasteiger charge is -2.19. The predicted molar refractivity (Wildman–Crippen MR) is 72.3 cm³/mol. The molecule has 6 heteroatoms. The first kappa shape index (κ1) is 12.9. The number of carbonyl (C=O) groups excluding carboxylic acids is 2. The molecule has 3 amide bonds. The number of benzene rings is 1. The fraction of sp³-hybridized carbons (Fsp3) is 0.429. The van der Waals surface area contributed by atoms with Gasteiger partial charge in [0.15, 0.2) is 0 Å². The van der Waals surface area contributed by atoms with Gasteiger partial charge in [0.25, 0.3) is 5.91 Å². The Morgan fingerprint density at radius 2 is 2.25 bits per heavy atom. The zero-order valence-electron chi connectivity index (χ0n) is 11.3. The number of hydrogen-bond acceptors (Lipinski definition) is 4. The summed E-state index contributed by atoms with van der Waals surface area (Å²) in [5, 5.41) is 5.95. The second-order valence-corrected chi connectivity index (χ2v) is 5.18. The number of amides is 3. The Hall–Kier alpha value is -2.08. The first-order valence-corrected chi connectivity index (χ1v) is 6.62. The highest BCUT2D eigenvalue weighted by Crippen LogP contribution is 2.26. The van der Waals surface area contributed by atoms with Crippen LogP contribution < -0.4 is 15.4 Å². The van der Waals surface area contributed by atoms with Gasteiger partial charge in [0, 0.05) is 6.54 Å². The van der Waals surface area contributed by atoms with Crippen LogP contribution in [0.3, 0.4) is 0 Å². The van der Waals surface area contributed by atoms with Crippen LogP contribution in [0.25, 0.3) is 0 Å². The van der Waals surface area contributed by atoms with E-state index < -0.39 is 5.54 Å². The van der Waals surface area contributed by atoms with Gasteiger partial charge in [-0.05, 0) is 30.7 Å². The summed E-state index contributed by atoms with van der Waals surface area (Å²) in [4.78, 5) is 25.8. The minimum atomic E-state index is -0.740. The van der Waals surface area contributed by atoms with Gasteiger partial charge in [-0.25, -0.2) is 4.79 Å². The van der Waals surface area contributed by atoms with Crippen molar-refractivity contribution >= 4 is 11.9 Å². The van der Waals surface area contributed by atoms with Crippen LogP contribution in [0, 0.1) is 0 Å². The highest BCUT2D eigenvalue weighted by atomic mass is 16.5. The topological polar surface area (TPSA) is 70.7 Å². The van der Waals surface area contributed by atoms with Crippen LogP contribution in [0.4, 0.5) is 4.79 Å². The lowest BCUT2D eigenvalue weighted by Crippen LogP contribution is -2.48. The number of carbonyl (C=O) groups is 2. The maximum absolute atomic E-state index is 12.5. The van der Waals surface area contributed by atoms with Crippen LogP contribution in [-0.4, -0.2) is 42.6 Å². The average Bonchev–Trinajstić information content (AvgIpc) is 3.01. The van der Waals surface area contributed by atoms with Crippen LogP contribution in [-0.2, 0) is 11.3 Å². The van der Waals surface area contributed by atoms with Crippen molar-refractivity contribution in [3.8, 4) is 5.75 Å². The minimum Gasteiger partial charge on any atom is -0.497 e. The summed E-state index contributed by atoms with van der Waals surface area (Å²) in [7, 11) is 1.59. The molecule has 2 aliphatic heterocycles. The SMILES string of the molecule is COc1cccc(CN2C(=O)NC3(CCNC3)C2=O)c1. The molecular formula is C14H17N3O3. The molecule has 0 saturated carbocycles. The molecule has 6 nitrogen and oxygen atoms in total. The number of urea groups is 1. The fourth-order valence-corrected chi connectivity index (χ4v) is 2.75. The number of hydrogen-bond donors (Lipinski definition) is 2. The van der Waals surface area contributed by atoms with Gasteiger partial charge in [0.1, 0.15) is 11.3 Å². The third kappa shape index (κ3) is 2.02. The van der Waals surface area contributed by atoms with E-state index >= 15 is 0 Å². The molecule has 2 saturated heterocycles. The molecule has 1 spiro atoms. The molecule has 3 rings (SSSR count). The number of methoxy groups -OCH3 is 1. The first-order valence-electron chi connectivity index (χ1n) is 6.62. The molecule has 2 N–H and O–H groups in total. The molecular weight excluding hydrogens is 258 g/mol. The summed E-state index contributed by atoms with van der Waals surface area (Å²) in [5.74, 6) is 0.571. The second kappa shape index (κ2) is 4.79. The normalized spacial score (nSPS) is 25.4. The van der Waals surface area contributed by atoms with Gasteiger partial charge >= 0.3 is 6.03 Å². The third-order valence-corrected chi connectivity index (χ3v) is 3.88. The van der Waals surface area contributed by atoms with E-state index in [0.717, 1.165) is 12.1 Å². The van der Waals surface area contributed by atoms with Crippen molar-refractivity contribution in [1.82, 2.24) is 15.5 Å². The third-order valence-electron chi connectivity index (χ3n) is 3.88. The summed E-state index contributed by atoms with van der Waals surface area (Å²) >= 11 is 0. The summed E-state index contributed by atoms with van der Waals surface area (Å²) in [6, 6.07) is 7.07. The largest absolute Gasteiger partial charge is 0.497 e. The molecule has 0 radical (unpaired) electrons. The number of nitrogens with zero attached hydrogens (tertiary/aromatic N) is 1. The monoisotopic (exact) mass is 275 g/mol. The standard InChI is InChI=1S/C14H17N3O3/c1-20-11-4-2-3-10(7-11)8-17-12(18)14(16-13(17)19)5-6-15-9-14/h2-4,7,15H,5-6,8-9H2,1H3,(H,16,19). The van der Waals surface area contributed by atoms with E-state index in [1.807, 2.05) is 24.3 Å². The molecule has 1 aromatic carbocycles. The summed E-state index contributed by atoms with van der Waals surface area (Å²) in [6.07, 6.45) is 0.645. The Labute approximate surface area is 117 Å².